The van der Waals surface area contributed by atoms with Crippen LogP contribution in [0.1, 0.15) is 20.8 Å². The van der Waals surface area contributed by atoms with E-state index in [1.807, 2.05) is 0 Å². The molecule has 0 aliphatic rings. The van der Waals surface area contributed by atoms with Crippen LogP contribution in [0.2, 0.25) is 0 Å². The maximum Gasteiger partial charge on any atom is 0.416 e. The smallest absolute Gasteiger partial charge is 0.347 e. The highest BCUT2D eigenvalue weighted by molar-refractivity contribution is 7.12. The van der Waals surface area contributed by atoms with Crippen molar-refractivity contribution in [3.63, 3.8) is 0 Å². The zero-order valence-corrected chi connectivity index (χ0v) is 10.5. The average molecular weight is 285 g/mol. The second kappa shape index (κ2) is 5.44. The van der Waals surface area contributed by atoms with Crippen LogP contribution in [0.3, 0.4) is 0 Å². The molecule has 2 rings (SSSR count). The molecule has 0 unspecified atom stereocenters. The molecule has 0 fully saturated rings. The topological polar surface area (TPSA) is 29.1 Å². The molecule has 0 saturated carbocycles. The second-order valence-electron chi connectivity index (χ2n) is 3.81. The molecule has 19 heavy (non-hydrogen) atoms. The van der Waals surface area contributed by atoms with Gasteiger partial charge in [0.1, 0.15) is 0 Å². The van der Waals surface area contributed by atoms with Crippen molar-refractivity contribution in [2.24, 2.45) is 0 Å². The summed E-state index contributed by atoms with van der Waals surface area (Å²) in [4.78, 5) is 12.1. The Bertz CT molecular complexity index is 564. The molecule has 2 aromatic rings. The highest BCUT2D eigenvalue weighted by Gasteiger charge is 2.32. The van der Waals surface area contributed by atoms with E-state index in [9.17, 15) is 18.0 Å². The number of carbonyl (C=O) groups excluding carboxylic acids is 1. The zero-order chi connectivity index (χ0) is 13.9. The fraction of sp³-hybridized carbons (Fsp3) is 0.154. The summed E-state index contributed by atoms with van der Waals surface area (Å²) >= 11 is 1.24. The number of carbonyl (C=O) groups is 1. The van der Waals surface area contributed by atoms with Crippen molar-refractivity contribution in [2.45, 2.75) is 12.7 Å². The van der Waals surface area contributed by atoms with Crippen LogP contribution in [-0.4, -0.2) is 5.91 Å². The van der Waals surface area contributed by atoms with Gasteiger partial charge in [-0.3, -0.25) is 4.79 Å². The summed E-state index contributed by atoms with van der Waals surface area (Å²) in [6.07, 6.45) is -4.41. The first-order valence-corrected chi connectivity index (χ1v) is 6.33. The standard InChI is InChI=1S/C13H10F3NOS/c14-13(15,16)10-5-2-1-4-9(10)8-17-12(18)11-6-3-7-19-11/h1-7H,8H2,(H,17,18). The Morgan fingerprint density at radius 1 is 1.16 bits per heavy atom. The molecule has 1 heterocycles. The van der Waals surface area contributed by atoms with Gasteiger partial charge in [0.05, 0.1) is 10.4 Å². The fourth-order valence-corrected chi connectivity index (χ4v) is 2.26. The molecular formula is C13H10F3NOS. The first kappa shape index (κ1) is 13.6. The monoisotopic (exact) mass is 285 g/mol. The van der Waals surface area contributed by atoms with Gasteiger partial charge in [0, 0.05) is 6.54 Å². The normalized spacial score (nSPS) is 11.3. The number of alkyl halides is 3. The third kappa shape index (κ3) is 3.35. The summed E-state index contributed by atoms with van der Waals surface area (Å²) < 4.78 is 38.2. The van der Waals surface area contributed by atoms with Crippen molar-refractivity contribution in [1.82, 2.24) is 5.32 Å². The van der Waals surface area contributed by atoms with Gasteiger partial charge in [-0.15, -0.1) is 11.3 Å². The molecule has 1 N–H and O–H groups in total. The lowest BCUT2D eigenvalue weighted by Crippen LogP contribution is -2.23. The van der Waals surface area contributed by atoms with Crippen molar-refractivity contribution in [2.75, 3.05) is 0 Å². The van der Waals surface area contributed by atoms with Crippen LogP contribution in [0.5, 0.6) is 0 Å². The summed E-state index contributed by atoms with van der Waals surface area (Å²) in [5, 5.41) is 4.22. The third-order valence-electron chi connectivity index (χ3n) is 2.51. The number of amides is 1. The molecule has 2 nitrogen and oxygen atoms in total. The van der Waals surface area contributed by atoms with E-state index in [0.29, 0.717) is 4.88 Å². The number of thiophene rings is 1. The lowest BCUT2D eigenvalue weighted by Gasteiger charge is -2.12. The molecule has 0 atom stereocenters. The predicted octanol–water partition coefficient (Wildman–Crippen LogP) is 3.70. The van der Waals surface area contributed by atoms with Gasteiger partial charge in [0.25, 0.3) is 5.91 Å². The van der Waals surface area contributed by atoms with Gasteiger partial charge in [-0.2, -0.15) is 13.2 Å². The Morgan fingerprint density at radius 3 is 2.53 bits per heavy atom. The molecule has 0 aliphatic carbocycles. The maximum atomic E-state index is 12.7. The molecular weight excluding hydrogens is 275 g/mol. The Balaban J connectivity index is 2.10. The number of halogens is 3. The van der Waals surface area contributed by atoms with Gasteiger partial charge in [0.2, 0.25) is 0 Å². The van der Waals surface area contributed by atoms with Gasteiger partial charge in [-0.25, -0.2) is 0 Å². The zero-order valence-electron chi connectivity index (χ0n) is 9.70. The largest absolute Gasteiger partial charge is 0.416 e. The minimum atomic E-state index is -4.41. The van der Waals surface area contributed by atoms with Crippen LogP contribution >= 0.6 is 11.3 Å². The number of hydrogen-bond donors (Lipinski definition) is 1. The first-order chi connectivity index (χ1) is 8.98. The van der Waals surface area contributed by atoms with Crippen LogP contribution in [0, 0.1) is 0 Å². The predicted molar refractivity (Wildman–Crippen MR) is 66.9 cm³/mol. The van der Waals surface area contributed by atoms with Crippen LogP contribution in [0.15, 0.2) is 41.8 Å². The molecule has 100 valence electrons. The van der Waals surface area contributed by atoms with E-state index >= 15 is 0 Å². The fourth-order valence-electron chi connectivity index (χ4n) is 1.62. The van der Waals surface area contributed by atoms with Gasteiger partial charge in [-0.1, -0.05) is 24.3 Å². The first-order valence-electron chi connectivity index (χ1n) is 5.45. The lowest BCUT2D eigenvalue weighted by atomic mass is 10.1. The number of nitrogens with one attached hydrogen (secondary N) is 1. The third-order valence-corrected chi connectivity index (χ3v) is 3.38. The van der Waals surface area contributed by atoms with Crippen LogP contribution in [0.4, 0.5) is 13.2 Å². The Kier molecular flexibility index (Phi) is 3.90. The van der Waals surface area contributed by atoms with Crippen LogP contribution < -0.4 is 5.32 Å². The number of rotatable bonds is 3. The van der Waals surface area contributed by atoms with Crippen molar-refractivity contribution >= 4 is 17.2 Å². The molecule has 6 heteroatoms. The number of hydrogen-bond acceptors (Lipinski definition) is 2. The van der Waals surface area contributed by atoms with Crippen molar-refractivity contribution in [3.8, 4) is 0 Å². The Labute approximate surface area is 111 Å². The minimum absolute atomic E-state index is 0.0555. The van der Waals surface area contributed by atoms with E-state index in [2.05, 4.69) is 5.32 Å². The lowest BCUT2D eigenvalue weighted by molar-refractivity contribution is -0.138. The summed E-state index contributed by atoms with van der Waals surface area (Å²) in [7, 11) is 0. The molecule has 1 aromatic carbocycles. The SMILES string of the molecule is O=C(NCc1ccccc1C(F)(F)F)c1cccs1. The minimum Gasteiger partial charge on any atom is -0.347 e. The second-order valence-corrected chi connectivity index (χ2v) is 4.76. The van der Waals surface area contributed by atoms with Crippen molar-refractivity contribution in [3.05, 3.63) is 57.8 Å². The Hall–Kier alpha value is -1.82. The number of benzene rings is 1. The van der Waals surface area contributed by atoms with E-state index in [4.69, 9.17) is 0 Å². The highest BCUT2D eigenvalue weighted by atomic mass is 32.1. The van der Waals surface area contributed by atoms with E-state index in [1.165, 1.54) is 29.5 Å². The summed E-state index contributed by atoms with van der Waals surface area (Å²) in [6.45, 7) is -0.146. The van der Waals surface area contributed by atoms with E-state index in [1.54, 1.807) is 17.5 Å². The summed E-state index contributed by atoms with van der Waals surface area (Å²) in [5.74, 6) is -0.369. The molecule has 1 aromatic heterocycles. The van der Waals surface area contributed by atoms with Gasteiger partial charge in [0.15, 0.2) is 0 Å². The van der Waals surface area contributed by atoms with Crippen molar-refractivity contribution < 1.29 is 18.0 Å². The van der Waals surface area contributed by atoms with Gasteiger partial charge < -0.3 is 5.32 Å². The van der Waals surface area contributed by atoms with Crippen molar-refractivity contribution in [1.29, 1.82) is 0 Å². The summed E-state index contributed by atoms with van der Waals surface area (Å²) in [5.41, 5.74) is -0.665. The molecule has 0 spiro atoms. The molecule has 0 saturated heterocycles. The Morgan fingerprint density at radius 2 is 1.89 bits per heavy atom. The van der Waals surface area contributed by atoms with Crippen LogP contribution in [-0.2, 0) is 12.7 Å². The molecule has 0 aliphatic heterocycles. The molecule has 0 radical (unpaired) electrons. The van der Waals surface area contributed by atoms with Gasteiger partial charge >= 0.3 is 6.18 Å². The summed E-state index contributed by atoms with van der Waals surface area (Å²) in [6, 6.07) is 8.54. The quantitative estimate of drug-likeness (QED) is 0.915. The maximum absolute atomic E-state index is 12.7. The molecule has 1 amide bonds. The van der Waals surface area contributed by atoms with E-state index in [0.717, 1.165) is 6.07 Å². The highest BCUT2D eigenvalue weighted by Crippen LogP contribution is 2.31. The van der Waals surface area contributed by atoms with E-state index < -0.39 is 11.7 Å². The van der Waals surface area contributed by atoms with Crippen LogP contribution in [0.25, 0.3) is 0 Å². The van der Waals surface area contributed by atoms with E-state index in [-0.39, 0.29) is 18.0 Å². The average Bonchev–Trinajstić information content (AvgIpc) is 2.89. The molecule has 0 bridgehead atoms. The van der Waals surface area contributed by atoms with Gasteiger partial charge in [-0.05, 0) is 23.1 Å².